The lowest BCUT2D eigenvalue weighted by Crippen LogP contribution is -2.50. The third kappa shape index (κ3) is 6.14. The van der Waals surface area contributed by atoms with Gasteiger partial charge in [-0.1, -0.05) is 0 Å². The normalized spacial score (nSPS) is 14.6. The SMILES string of the molecule is CCNc1ccc(N2CCN(C(=O)Nc3ccc(SC(F)(F)F)cc3)CC2)nn1. The van der Waals surface area contributed by atoms with Crippen molar-refractivity contribution in [1.29, 1.82) is 0 Å². The van der Waals surface area contributed by atoms with Gasteiger partial charge in [-0.15, -0.1) is 10.2 Å². The summed E-state index contributed by atoms with van der Waals surface area (Å²) in [6.45, 7) is 4.99. The quantitative estimate of drug-likeness (QED) is 0.707. The molecule has 1 aromatic carbocycles. The van der Waals surface area contributed by atoms with Crippen LogP contribution in [0.3, 0.4) is 0 Å². The predicted molar refractivity (Wildman–Crippen MR) is 107 cm³/mol. The molecule has 0 saturated carbocycles. The molecule has 2 heterocycles. The highest BCUT2D eigenvalue weighted by Crippen LogP contribution is 2.37. The van der Waals surface area contributed by atoms with Crippen LogP contribution in [-0.4, -0.2) is 59.4 Å². The summed E-state index contributed by atoms with van der Waals surface area (Å²) in [7, 11) is 0. The van der Waals surface area contributed by atoms with Gasteiger partial charge in [0.25, 0.3) is 0 Å². The van der Waals surface area contributed by atoms with Gasteiger partial charge in [0.2, 0.25) is 0 Å². The molecule has 29 heavy (non-hydrogen) atoms. The zero-order chi connectivity index (χ0) is 20.9. The number of urea groups is 1. The fourth-order valence-corrected chi connectivity index (χ4v) is 3.39. The summed E-state index contributed by atoms with van der Waals surface area (Å²) in [5.74, 6) is 1.47. The van der Waals surface area contributed by atoms with Crippen molar-refractivity contribution in [2.45, 2.75) is 17.3 Å². The van der Waals surface area contributed by atoms with E-state index in [4.69, 9.17) is 0 Å². The maximum absolute atomic E-state index is 12.4. The molecule has 0 unspecified atom stereocenters. The number of piperazine rings is 1. The van der Waals surface area contributed by atoms with Gasteiger partial charge < -0.3 is 20.4 Å². The summed E-state index contributed by atoms with van der Waals surface area (Å²) < 4.78 is 37.1. The molecular weight excluding hydrogens is 405 g/mol. The van der Waals surface area contributed by atoms with Gasteiger partial charge in [-0.25, -0.2) is 4.79 Å². The second-order valence-electron chi connectivity index (χ2n) is 6.28. The molecule has 2 aromatic rings. The van der Waals surface area contributed by atoms with Crippen LogP contribution in [0, 0.1) is 0 Å². The van der Waals surface area contributed by atoms with Crippen LogP contribution in [0.2, 0.25) is 0 Å². The minimum Gasteiger partial charge on any atom is -0.369 e. The Bertz CT molecular complexity index is 808. The standard InChI is InChI=1S/C18H21F3N6OS/c1-2-22-15-7-8-16(25-24-15)26-9-11-27(12-10-26)17(28)23-13-3-5-14(6-4-13)29-18(19,20)21/h3-8H,2,9-12H2,1H3,(H,22,24)(H,23,28). The molecule has 1 fully saturated rings. The molecule has 0 bridgehead atoms. The minimum absolute atomic E-state index is 0.0744. The molecule has 1 saturated heterocycles. The van der Waals surface area contributed by atoms with Crippen molar-refractivity contribution >= 4 is 35.1 Å². The number of aromatic nitrogens is 2. The smallest absolute Gasteiger partial charge is 0.369 e. The number of anilines is 3. The van der Waals surface area contributed by atoms with Crippen molar-refractivity contribution in [1.82, 2.24) is 15.1 Å². The summed E-state index contributed by atoms with van der Waals surface area (Å²) in [4.78, 5) is 16.2. The molecule has 0 atom stereocenters. The van der Waals surface area contributed by atoms with E-state index in [9.17, 15) is 18.0 Å². The third-order valence-corrected chi connectivity index (χ3v) is 4.98. The Kier molecular flexibility index (Phi) is 6.68. The van der Waals surface area contributed by atoms with Crippen molar-refractivity contribution in [2.75, 3.05) is 48.3 Å². The number of carbonyl (C=O) groups is 1. The van der Waals surface area contributed by atoms with Crippen molar-refractivity contribution in [3.05, 3.63) is 36.4 Å². The van der Waals surface area contributed by atoms with E-state index in [1.54, 1.807) is 4.90 Å². The average molecular weight is 426 g/mol. The van der Waals surface area contributed by atoms with E-state index in [1.807, 2.05) is 19.1 Å². The molecule has 2 N–H and O–H groups in total. The van der Waals surface area contributed by atoms with Crippen LogP contribution >= 0.6 is 11.8 Å². The number of nitrogens with zero attached hydrogens (tertiary/aromatic N) is 4. The minimum atomic E-state index is -4.33. The summed E-state index contributed by atoms with van der Waals surface area (Å²) in [6.07, 6.45) is 0. The fourth-order valence-electron chi connectivity index (χ4n) is 2.85. The zero-order valence-corrected chi connectivity index (χ0v) is 16.6. The molecule has 0 spiro atoms. The van der Waals surface area contributed by atoms with Crippen LogP contribution in [0.5, 0.6) is 0 Å². The van der Waals surface area contributed by atoms with Crippen LogP contribution in [-0.2, 0) is 0 Å². The van der Waals surface area contributed by atoms with Gasteiger partial charge in [-0.3, -0.25) is 0 Å². The van der Waals surface area contributed by atoms with Gasteiger partial charge >= 0.3 is 11.5 Å². The second kappa shape index (κ2) is 9.21. The molecule has 1 aliphatic heterocycles. The summed E-state index contributed by atoms with van der Waals surface area (Å²) in [6, 6.07) is 9.07. The van der Waals surface area contributed by atoms with E-state index in [-0.39, 0.29) is 22.7 Å². The summed E-state index contributed by atoms with van der Waals surface area (Å²) >= 11 is -0.186. The zero-order valence-electron chi connectivity index (χ0n) is 15.7. The molecule has 1 aliphatic rings. The Hall–Kier alpha value is -2.69. The maximum atomic E-state index is 12.4. The fraction of sp³-hybridized carbons (Fsp3) is 0.389. The number of nitrogens with one attached hydrogen (secondary N) is 2. The highest BCUT2D eigenvalue weighted by Gasteiger charge is 2.29. The number of alkyl halides is 3. The molecule has 2 amide bonds. The van der Waals surface area contributed by atoms with Crippen LogP contribution < -0.4 is 15.5 Å². The van der Waals surface area contributed by atoms with Gasteiger partial charge in [-0.2, -0.15) is 13.2 Å². The molecule has 156 valence electrons. The molecule has 11 heteroatoms. The van der Waals surface area contributed by atoms with Gasteiger partial charge in [-0.05, 0) is 55.1 Å². The Morgan fingerprint density at radius 1 is 1.07 bits per heavy atom. The number of hydrogen-bond donors (Lipinski definition) is 2. The monoisotopic (exact) mass is 426 g/mol. The number of rotatable bonds is 5. The molecule has 0 radical (unpaired) electrons. The largest absolute Gasteiger partial charge is 0.446 e. The van der Waals surface area contributed by atoms with Crippen LogP contribution in [0.1, 0.15) is 6.92 Å². The lowest BCUT2D eigenvalue weighted by molar-refractivity contribution is -0.0328. The first kappa shape index (κ1) is 21.0. The first-order valence-corrected chi connectivity index (χ1v) is 9.90. The topological polar surface area (TPSA) is 73.4 Å². The van der Waals surface area contributed by atoms with Crippen molar-refractivity contribution in [3.63, 3.8) is 0 Å². The summed E-state index contributed by atoms with van der Waals surface area (Å²) in [5.41, 5.74) is -3.88. The number of carbonyl (C=O) groups excluding carboxylic acids is 1. The van der Waals surface area contributed by atoms with E-state index in [1.165, 1.54) is 24.3 Å². The summed E-state index contributed by atoms with van der Waals surface area (Å²) in [5, 5.41) is 14.1. The maximum Gasteiger partial charge on any atom is 0.446 e. The lowest BCUT2D eigenvalue weighted by atomic mass is 10.3. The Morgan fingerprint density at radius 3 is 2.31 bits per heavy atom. The number of thioether (sulfide) groups is 1. The first-order valence-electron chi connectivity index (χ1n) is 9.08. The molecule has 1 aromatic heterocycles. The lowest BCUT2D eigenvalue weighted by Gasteiger charge is -2.35. The van der Waals surface area contributed by atoms with E-state index < -0.39 is 5.51 Å². The van der Waals surface area contributed by atoms with Gasteiger partial charge in [0, 0.05) is 43.3 Å². The Labute approximate surface area is 170 Å². The van der Waals surface area contributed by atoms with E-state index in [0.29, 0.717) is 37.7 Å². The number of benzene rings is 1. The highest BCUT2D eigenvalue weighted by atomic mass is 32.2. The number of amides is 2. The van der Waals surface area contributed by atoms with Gasteiger partial charge in [0.05, 0.1) is 0 Å². The Balaban J connectivity index is 1.49. The van der Waals surface area contributed by atoms with Crippen molar-refractivity contribution < 1.29 is 18.0 Å². The Morgan fingerprint density at radius 2 is 1.76 bits per heavy atom. The van der Waals surface area contributed by atoms with Crippen LogP contribution in [0.25, 0.3) is 0 Å². The van der Waals surface area contributed by atoms with Gasteiger partial charge in [0.15, 0.2) is 5.82 Å². The van der Waals surface area contributed by atoms with Crippen molar-refractivity contribution in [2.24, 2.45) is 0 Å². The molecule has 0 aliphatic carbocycles. The van der Waals surface area contributed by atoms with Crippen LogP contribution in [0.4, 0.5) is 35.3 Å². The van der Waals surface area contributed by atoms with Gasteiger partial charge in [0.1, 0.15) is 5.82 Å². The molecular formula is C18H21F3N6OS. The average Bonchev–Trinajstić information content (AvgIpc) is 2.69. The second-order valence-corrected chi connectivity index (χ2v) is 7.42. The number of halogens is 3. The van der Waals surface area contributed by atoms with E-state index in [2.05, 4.69) is 25.7 Å². The van der Waals surface area contributed by atoms with E-state index >= 15 is 0 Å². The predicted octanol–water partition coefficient (Wildman–Crippen LogP) is 3.87. The van der Waals surface area contributed by atoms with E-state index in [0.717, 1.165) is 12.4 Å². The van der Waals surface area contributed by atoms with Crippen molar-refractivity contribution in [3.8, 4) is 0 Å². The number of hydrogen-bond acceptors (Lipinski definition) is 6. The molecule has 3 rings (SSSR count). The highest BCUT2D eigenvalue weighted by molar-refractivity contribution is 8.00. The first-order chi connectivity index (χ1) is 13.8. The van der Waals surface area contributed by atoms with Crippen LogP contribution in [0.15, 0.2) is 41.3 Å². The molecule has 7 nitrogen and oxygen atoms in total. The third-order valence-electron chi connectivity index (χ3n) is 4.24.